The summed E-state index contributed by atoms with van der Waals surface area (Å²) in [5.74, 6) is 0.560. The first-order chi connectivity index (χ1) is 10.2. The molecule has 0 fully saturated rings. The number of carbonyl (C=O) groups excluding carboxylic acids is 1. The smallest absolute Gasteiger partial charge is 0.240 e. The summed E-state index contributed by atoms with van der Waals surface area (Å²) < 4.78 is 19.9. The van der Waals surface area contributed by atoms with Gasteiger partial charge in [0.15, 0.2) is 0 Å². The second-order valence-corrected chi connectivity index (χ2v) is 4.91. The van der Waals surface area contributed by atoms with E-state index in [9.17, 15) is 9.18 Å². The second kappa shape index (κ2) is 7.38. The van der Waals surface area contributed by atoms with E-state index in [0.717, 1.165) is 5.52 Å². The molecule has 0 aliphatic carbocycles. The number of aromatic nitrogens is 2. The highest BCUT2D eigenvalue weighted by molar-refractivity contribution is 6.17. The molecule has 0 aliphatic heterocycles. The number of nitrogens with one attached hydrogen (secondary N) is 1. The Morgan fingerprint density at radius 2 is 2.33 bits per heavy atom. The van der Waals surface area contributed by atoms with Crippen molar-refractivity contribution >= 4 is 28.5 Å². The van der Waals surface area contributed by atoms with Crippen LogP contribution < -0.4 is 5.32 Å². The van der Waals surface area contributed by atoms with Crippen molar-refractivity contribution in [3.8, 4) is 0 Å². The van der Waals surface area contributed by atoms with Gasteiger partial charge in [0.25, 0.3) is 0 Å². The predicted octanol–water partition coefficient (Wildman–Crippen LogP) is 1.72. The van der Waals surface area contributed by atoms with E-state index in [2.05, 4.69) is 10.3 Å². The lowest BCUT2D eigenvalue weighted by atomic mass is 10.3. The Morgan fingerprint density at radius 1 is 1.52 bits per heavy atom. The van der Waals surface area contributed by atoms with Crippen molar-refractivity contribution in [3.63, 3.8) is 0 Å². The maximum atomic E-state index is 13.3. The number of ether oxygens (including phenoxy) is 1. The van der Waals surface area contributed by atoms with Crippen LogP contribution in [0.4, 0.5) is 4.39 Å². The number of aryl methyl sites for hydroxylation is 1. The Morgan fingerprint density at radius 3 is 3.05 bits per heavy atom. The molecular weight excluding hydrogens is 297 g/mol. The number of halogens is 2. The van der Waals surface area contributed by atoms with E-state index in [-0.39, 0.29) is 18.3 Å². The van der Waals surface area contributed by atoms with Crippen molar-refractivity contribution in [1.29, 1.82) is 0 Å². The molecule has 1 amide bonds. The van der Waals surface area contributed by atoms with E-state index in [4.69, 9.17) is 16.3 Å². The van der Waals surface area contributed by atoms with Gasteiger partial charge in [-0.15, -0.1) is 11.6 Å². The summed E-state index contributed by atoms with van der Waals surface area (Å²) in [5, 5.41) is 2.75. The molecule has 0 radical (unpaired) electrons. The van der Waals surface area contributed by atoms with Crippen molar-refractivity contribution < 1.29 is 13.9 Å². The number of methoxy groups -OCH3 is 1. The normalized spacial score (nSPS) is 11.0. The molecule has 1 N–H and O–H groups in total. The van der Waals surface area contributed by atoms with Crippen LogP contribution in [-0.2, 0) is 22.5 Å². The molecule has 0 aliphatic rings. The number of hydrogen-bond donors (Lipinski definition) is 1. The molecule has 1 heterocycles. The van der Waals surface area contributed by atoms with Crippen molar-refractivity contribution in [2.75, 3.05) is 26.1 Å². The van der Waals surface area contributed by atoms with Crippen LogP contribution in [0, 0.1) is 5.82 Å². The first kappa shape index (κ1) is 15.7. The molecule has 0 saturated heterocycles. The average Bonchev–Trinajstić information content (AvgIpc) is 2.76. The minimum atomic E-state index is -0.353. The molecule has 0 atom stereocenters. The van der Waals surface area contributed by atoms with E-state index >= 15 is 0 Å². The van der Waals surface area contributed by atoms with Crippen LogP contribution in [0.5, 0.6) is 0 Å². The quantitative estimate of drug-likeness (QED) is 0.625. The average molecular weight is 314 g/mol. The van der Waals surface area contributed by atoms with Gasteiger partial charge in [-0.3, -0.25) is 4.79 Å². The Hall–Kier alpha value is -1.66. The number of carbonyl (C=O) groups is 1. The van der Waals surface area contributed by atoms with Gasteiger partial charge in [0.2, 0.25) is 5.91 Å². The SMILES string of the molecule is COCCNC(=O)Cn1c(CCCl)nc2cc(F)ccc21. The molecule has 21 heavy (non-hydrogen) atoms. The number of rotatable bonds is 7. The van der Waals surface area contributed by atoms with Crippen molar-refractivity contribution in [2.24, 2.45) is 0 Å². The summed E-state index contributed by atoms with van der Waals surface area (Å²) in [4.78, 5) is 16.3. The molecule has 0 saturated carbocycles. The van der Waals surface area contributed by atoms with E-state index in [1.54, 1.807) is 17.7 Å². The molecule has 2 rings (SSSR count). The van der Waals surface area contributed by atoms with Crippen molar-refractivity contribution in [1.82, 2.24) is 14.9 Å². The summed E-state index contributed by atoms with van der Waals surface area (Å²) in [7, 11) is 1.57. The van der Waals surface area contributed by atoms with Crippen LogP contribution in [0.25, 0.3) is 11.0 Å². The van der Waals surface area contributed by atoms with E-state index in [1.807, 2.05) is 0 Å². The lowest BCUT2D eigenvalue weighted by molar-refractivity contribution is -0.121. The fourth-order valence-electron chi connectivity index (χ4n) is 2.10. The molecule has 0 spiro atoms. The van der Waals surface area contributed by atoms with Gasteiger partial charge < -0.3 is 14.6 Å². The Bertz CT molecular complexity index is 630. The van der Waals surface area contributed by atoms with E-state index in [0.29, 0.717) is 36.8 Å². The fourth-order valence-corrected chi connectivity index (χ4v) is 2.27. The Balaban J connectivity index is 2.23. The summed E-state index contributed by atoms with van der Waals surface area (Å²) >= 11 is 5.76. The van der Waals surface area contributed by atoms with Crippen LogP contribution in [0.15, 0.2) is 18.2 Å². The summed E-state index contributed by atoms with van der Waals surface area (Å²) in [6.07, 6.45) is 0.517. The number of nitrogens with zero attached hydrogens (tertiary/aromatic N) is 2. The molecule has 1 aromatic carbocycles. The third kappa shape index (κ3) is 3.92. The zero-order valence-corrected chi connectivity index (χ0v) is 12.5. The number of alkyl halides is 1. The fraction of sp³-hybridized carbons (Fsp3) is 0.429. The first-order valence-corrected chi connectivity index (χ1v) is 7.15. The van der Waals surface area contributed by atoms with Crippen molar-refractivity contribution in [2.45, 2.75) is 13.0 Å². The minimum Gasteiger partial charge on any atom is -0.383 e. The maximum absolute atomic E-state index is 13.3. The standard InChI is InChI=1S/C14H17ClFN3O2/c1-21-7-6-17-14(20)9-19-12-3-2-10(16)8-11(12)18-13(19)4-5-15/h2-3,8H,4-7,9H2,1H3,(H,17,20). The third-order valence-corrected chi connectivity index (χ3v) is 3.23. The lowest BCUT2D eigenvalue weighted by Crippen LogP contribution is -2.30. The largest absolute Gasteiger partial charge is 0.383 e. The molecular formula is C14H17ClFN3O2. The first-order valence-electron chi connectivity index (χ1n) is 6.62. The summed E-state index contributed by atoms with van der Waals surface area (Å²) in [6, 6.07) is 4.33. The predicted molar refractivity (Wildman–Crippen MR) is 79.0 cm³/mol. The highest BCUT2D eigenvalue weighted by Crippen LogP contribution is 2.18. The van der Waals surface area contributed by atoms with Crippen molar-refractivity contribution in [3.05, 3.63) is 29.8 Å². The molecule has 7 heteroatoms. The van der Waals surface area contributed by atoms with Gasteiger partial charge in [-0.25, -0.2) is 9.37 Å². The second-order valence-electron chi connectivity index (χ2n) is 4.53. The molecule has 0 bridgehead atoms. The zero-order valence-electron chi connectivity index (χ0n) is 11.7. The molecule has 1 aromatic heterocycles. The number of benzene rings is 1. The van der Waals surface area contributed by atoms with Gasteiger partial charge in [-0.1, -0.05) is 0 Å². The van der Waals surface area contributed by atoms with Gasteiger partial charge >= 0.3 is 0 Å². The summed E-state index contributed by atoms with van der Waals surface area (Å²) in [5.41, 5.74) is 1.25. The maximum Gasteiger partial charge on any atom is 0.240 e. The van der Waals surface area contributed by atoms with Gasteiger partial charge in [0.1, 0.15) is 18.2 Å². The summed E-state index contributed by atoms with van der Waals surface area (Å²) in [6.45, 7) is 1.02. The molecule has 114 valence electrons. The topological polar surface area (TPSA) is 56.1 Å². The number of fused-ring (bicyclic) bond motifs is 1. The van der Waals surface area contributed by atoms with Crippen LogP contribution >= 0.6 is 11.6 Å². The minimum absolute atomic E-state index is 0.123. The van der Waals surface area contributed by atoms with E-state index in [1.165, 1.54) is 12.1 Å². The molecule has 2 aromatic rings. The molecule has 5 nitrogen and oxygen atoms in total. The van der Waals surface area contributed by atoms with Crippen LogP contribution in [-0.4, -0.2) is 41.6 Å². The number of imidazole rings is 1. The zero-order chi connectivity index (χ0) is 15.2. The van der Waals surface area contributed by atoms with Crippen LogP contribution in [0.2, 0.25) is 0 Å². The van der Waals surface area contributed by atoms with Crippen LogP contribution in [0.1, 0.15) is 5.82 Å². The van der Waals surface area contributed by atoms with Gasteiger partial charge in [-0.2, -0.15) is 0 Å². The van der Waals surface area contributed by atoms with Gasteiger partial charge in [0, 0.05) is 32.0 Å². The highest BCUT2D eigenvalue weighted by Gasteiger charge is 2.13. The number of amides is 1. The Labute approximate surface area is 127 Å². The monoisotopic (exact) mass is 313 g/mol. The van der Waals surface area contributed by atoms with Gasteiger partial charge in [-0.05, 0) is 12.1 Å². The molecule has 0 unspecified atom stereocenters. The van der Waals surface area contributed by atoms with E-state index < -0.39 is 0 Å². The lowest BCUT2D eigenvalue weighted by Gasteiger charge is -2.09. The van der Waals surface area contributed by atoms with Crippen LogP contribution in [0.3, 0.4) is 0 Å². The highest BCUT2D eigenvalue weighted by atomic mass is 35.5. The van der Waals surface area contributed by atoms with Gasteiger partial charge in [0.05, 0.1) is 17.6 Å². The number of hydrogen-bond acceptors (Lipinski definition) is 3. The third-order valence-electron chi connectivity index (χ3n) is 3.04. The Kier molecular flexibility index (Phi) is 5.52.